The lowest BCUT2D eigenvalue weighted by Crippen LogP contribution is -2.60. The average molecular weight is 262 g/mol. The van der Waals surface area contributed by atoms with Crippen molar-refractivity contribution in [3.8, 4) is 0 Å². The van der Waals surface area contributed by atoms with Crippen molar-refractivity contribution in [1.82, 2.24) is 5.32 Å². The summed E-state index contributed by atoms with van der Waals surface area (Å²) in [5, 5.41) is 12.2. The van der Waals surface area contributed by atoms with E-state index in [1.54, 1.807) is 18.2 Å². The zero-order chi connectivity index (χ0) is 14.0. The molecule has 1 aliphatic heterocycles. The molecule has 1 aliphatic rings. The Morgan fingerprint density at radius 2 is 2.26 bits per heavy atom. The van der Waals surface area contributed by atoms with E-state index in [2.05, 4.69) is 5.32 Å². The summed E-state index contributed by atoms with van der Waals surface area (Å²) < 4.78 is 0. The first-order valence-electron chi connectivity index (χ1n) is 6.32. The predicted molar refractivity (Wildman–Crippen MR) is 72.3 cm³/mol. The van der Waals surface area contributed by atoms with E-state index < -0.39 is 6.04 Å². The molecule has 2 atom stereocenters. The highest BCUT2D eigenvalue weighted by atomic mass is 16.3. The monoisotopic (exact) mass is 262 g/mol. The number of carbonyl (C=O) groups excluding carboxylic acids is 2. The van der Waals surface area contributed by atoms with E-state index in [0.29, 0.717) is 12.1 Å². The van der Waals surface area contributed by atoms with E-state index >= 15 is 0 Å². The SMILES string of the molecule is CC(=O)c1cccc(N2CC(C)NC(=O)C2CO)c1. The van der Waals surface area contributed by atoms with Crippen molar-refractivity contribution in [3.63, 3.8) is 0 Å². The molecule has 0 bridgehead atoms. The number of Topliss-reactive ketones (excluding diaryl/α,β-unsaturated/α-hetero) is 1. The Morgan fingerprint density at radius 3 is 2.89 bits per heavy atom. The first kappa shape index (κ1) is 13.5. The molecule has 19 heavy (non-hydrogen) atoms. The summed E-state index contributed by atoms with van der Waals surface area (Å²) in [6, 6.07) is 6.55. The third-order valence-electron chi connectivity index (χ3n) is 3.30. The molecule has 5 heteroatoms. The number of nitrogens with one attached hydrogen (secondary N) is 1. The number of hydrogen-bond donors (Lipinski definition) is 2. The minimum atomic E-state index is -0.599. The van der Waals surface area contributed by atoms with Crippen molar-refractivity contribution >= 4 is 17.4 Å². The Balaban J connectivity index is 2.34. The zero-order valence-electron chi connectivity index (χ0n) is 11.1. The smallest absolute Gasteiger partial charge is 0.245 e. The Kier molecular flexibility index (Phi) is 3.85. The predicted octanol–water partition coefficient (Wildman–Crippen LogP) is 0.575. The van der Waals surface area contributed by atoms with Gasteiger partial charge in [0.25, 0.3) is 0 Å². The highest BCUT2D eigenvalue weighted by Gasteiger charge is 2.32. The molecule has 2 N–H and O–H groups in total. The Bertz CT molecular complexity index is 501. The molecule has 2 unspecified atom stereocenters. The van der Waals surface area contributed by atoms with E-state index in [0.717, 1.165) is 5.69 Å². The van der Waals surface area contributed by atoms with Gasteiger partial charge in [-0.05, 0) is 26.0 Å². The van der Waals surface area contributed by atoms with Gasteiger partial charge in [0.15, 0.2) is 5.78 Å². The van der Waals surface area contributed by atoms with Crippen molar-refractivity contribution in [3.05, 3.63) is 29.8 Å². The third-order valence-corrected chi connectivity index (χ3v) is 3.30. The lowest BCUT2D eigenvalue weighted by Gasteiger charge is -2.39. The molecule has 1 fully saturated rings. The molecule has 0 spiro atoms. The zero-order valence-corrected chi connectivity index (χ0v) is 11.1. The van der Waals surface area contributed by atoms with E-state index in [1.165, 1.54) is 6.92 Å². The van der Waals surface area contributed by atoms with Crippen LogP contribution in [0.15, 0.2) is 24.3 Å². The van der Waals surface area contributed by atoms with Crippen LogP contribution >= 0.6 is 0 Å². The molecular formula is C14H18N2O3. The second-order valence-electron chi connectivity index (χ2n) is 4.87. The second kappa shape index (κ2) is 5.40. The van der Waals surface area contributed by atoms with Crippen molar-refractivity contribution < 1.29 is 14.7 Å². The number of anilines is 1. The summed E-state index contributed by atoms with van der Waals surface area (Å²) in [6.45, 7) is 3.78. The van der Waals surface area contributed by atoms with Gasteiger partial charge in [-0.2, -0.15) is 0 Å². The molecule has 1 aromatic rings. The molecule has 1 heterocycles. The van der Waals surface area contributed by atoms with Gasteiger partial charge in [-0.15, -0.1) is 0 Å². The Labute approximate surface area is 112 Å². The highest BCUT2D eigenvalue weighted by Crippen LogP contribution is 2.21. The maximum Gasteiger partial charge on any atom is 0.245 e. The fourth-order valence-electron chi connectivity index (χ4n) is 2.32. The topological polar surface area (TPSA) is 69.6 Å². The molecule has 1 aromatic carbocycles. The van der Waals surface area contributed by atoms with Crippen LogP contribution in [0.3, 0.4) is 0 Å². The number of amides is 1. The van der Waals surface area contributed by atoms with E-state index in [4.69, 9.17) is 0 Å². The number of aliphatic hydroxyl groups is 1. The summed E-state index contributed by atoms with van der Waals surface area (Å²) in [5.41, 5.74) is 1.39. The van der Waals surface area contributed by atoms with Gasteiger partial charge in [0.2, 0.25) is 5.91 Å². The summed E-state index contributed by atoms with van der Waals surface area (Å²) in [6.07, 6.45) is 0. The number of rotatable bonds is 3. The van der Waals surface area contributed by atoms with Gasteiger partial charge in [0, 0.05) is 23.8 Å². The largest absolute Gasteiger partial charge is 0.394 e. The van der Waals surface area contributed by atoms with Crippen LogP contribution in [0.5, 0.6) is 0 Å². The first-order chi connectivity index (χ1) is 9.02. The summed E-state index contributed by atoms with van der Waals surface area (Å²) in [4.78, 5) is 25.1. The standard InChI is InChI=1S/C14H18N2O3/c1-9-7-16(13(8-17)14(19)15-9)12-5-3-4-11(6-12)10(2)18/h3-6,9,13,17H,7-8H2,1-2H3,(H,15,19). The van der Waals surface area contributed by atoms with Gasteiger partial charge in [-0.3, -0.25) is 9.59 Å². The Hall–Kier alpha value is -1.88. The van der Waals surface area contributed by atoms with Crippen LogP contribution in [0.2, 0.25) is 0 Å². The number of carbonyl (C=O) groups is 2. The summed E-state index contributed by atoms with van der Waals surface area (Å²) in [7, 11) is 0. The third kappa shape index (κ3) is 2.76. The fourth-order valence-corrected chi connectivity index (χ4v) is 2.32. The number of hydrogen-bond acceptors (Lipinski definition) is 4. The van der Waals surface area contributed by atoms with Crippen molar-refractivity contribution in [1.29, 1.82) is 0 Å². The molecule has 0 saturated carbocycles. The van der Waals surface area contributed by atoms with Gasteiger partial charge in [-0.1, -0.05) is 12.1 Å². The Morgan fingerprint density at radius 1 is 1.53 bits per heavy atom. The molecule has 0 radical (unpaired) electrons. The normalized spacial score (nSPS) is 23.1. The van der Waals surface area contributed by atoms with Crippen LogP contribution in [0.1, 0.15) is 24.2 Å². The summed E-state index contributed by atoms with van der Waals surface area (Å²) in [5.74, 6) is -0.202. The minimum absolute atomic E-state index is 0.0104. The van der Waals surface area contributed by atoms with E-state index in [1.807, 2.05) is 17.9 Å². The van der Waals surface area contributed by atoms with Crippen molar-refractivity contribution in [2.24, 2.45) is 0 Å². The summed E-state index contributed by atoms with van der Waals surface area (Å²) >= 11 is 0. The van der Waals surface area contributed by atoms with Gasteiger partial charge in [0.1, 0.15) is 6.04 Å². The average Bonchev–Trinajstić information content (AvgIpc) is 2.38. The molecule has 2 rings (SSSR count). The quantitative estimate of drug-likeness (QED) is 0.782. The van der Waals surface area contributed by atoms with Gasteiger partial charge >= 0.3 is 0 Å². The van der Waals surface area contributed by atoms with E-state index in [-0.39, 0.29) is 24.3 Å². The number of ketones is 1. The number of piperazine rings is 1. The van der Waals surface area contributed by atoms with Crippen molar-refractivity contribution in [2.75, 3.05) is 18.1 Å². The van der Waals surface area contributed by atoms with Gasteiger partial charge < -0.3 is 15.3 Å². The molecule has 5 nitrogen and oxygen atoms in total. The second-order valence-corrected chi connectivity index (χ2v) is 4.87. The first-order valence-corrected chi connectivity index (χ1v) is 6.32. The van der Waals surface area contributed by atoms with Crippen molar-refractivity contribution in [2.45, 2.75) is 25.9 Å². The van der Waals surface area contributed by atoms with E-state index in [9.17, 15) is 14.7 Å². The molecular weight excluding hydrogens is 244 g/mol. The van der Waals surface area contributed by atoms with Crippen LogP contribution < -0.4 is 10.2 Å². The molecule has 0 aromatic heterocycles. The molecule has 1 saturated heterocycles. The van der Waals surface area contributed by atoms with Gasteiger partial charge in [-0.25, -0.2) is 0 Å². The fraction of sp³-hybridized carbons (Fsp3) is 0.429. The van der Waals surface area contributed by atoms with Crippen LogP contribution in [0.4, 0.5) is 5.69 Å². The highest BCUT2D eigenvalue weighted by molar-refractivity contribution is 5.95. The molecule has 1 amide bonds. The molecule has 102 valence electrons. The maximum atomic E-state index is 11.9. The van der Waals surface area contributed by atoms with Crippen LogP contribution in [-0.2, 0) is 4.79 Å². The van der Waals surface area contributed by atoms with Gasteiger partial charge in [0.05, 0.1) is 6.61 Å². The number of benzene rings is 1. The maximum absolute atomic E-state index is 11.9. The number of nitrogens with zero attached hydrogens (tertiary/aromatic N) is 1. The van der Waals surface area contributed by atoms with Crippen LogP contribution in [-0.4, -0.2) is 42.0 Å². The van der Waals surface area contributed by atoms with Crippen LogP contribution in [0.25, 0.3) is 0 Å². The lowest BCUT2D eigenvalue weighted by molar-refractivity contribution is -0.125. The lowest BCUT2D eigenvalue weighted by atomic mass is 10.1. The molecule has 0 aliphatic carbocycles. The number of aliphatic hydroxyl groups excluding tert-OH is 1. The minimum Gasteiger partial charge on any atom is -0.394 e. The van der Waals surface area contributed by atoms with Crippen LogP contribution in [0, 0.1) is 0 Å².